The number of nitrogens with two attached hydrogens (primary N) is 1. The third-order valence-electron chi connectivity index (χ3n) is 5.75. The van der Waals surface area contributed by atoms with Crippen LogP contribution in [-0.2, 0) is 0 Å². The number of halogens is 1. The highest BCUT2D eigenvalue weighted by atomic mass is 35.5. The average Bonchev–Trinajstić information content (AvgIpc) is 3.43. The van der Waals surface area contributed by atoms with E-state index < -0.39 is 0 Å². The first-order valence-electron chi connectivity index (χ1n) is 10.7. The van der Waals surface area contributed by atoms with Crippen molar-refractivity contribution in [3.8, 4) is 5.69 Å². The summed E-state index contributed by atoms with van der Waals surface area (Å²) in [6.07, 6.45) is 0.739. The Hall–Kier alpha value is -3.46. The lowest BCUT2D eigenvalue weighted by Gasteiger charge is -2.16. The standard InChI is InChI=1S/C25H22N4O3S.ClH/c26-17-13-14-28(15-17)25(32)27-23-21(22(31)16-7-3-1-4-8-16)19-11-12-20(30)29(24(19)33-23)18-9-5-2-6-10-18;/h1-12,17H,13-15,26H2,(H,27,32);1H/t17-;/m0./s1. The Kier molecular flexibility index (Phi) is 6.83. The van der Waals surface area contributed by atoms with Crippen molar-refractivity contribution in [2.45, 2.75) is 12.5 Å². The van der Waals surface area contributed by atoms with Crippen molar-refractivity contribution in [3.05, 3.63) is 94.3 Å². The number of pyridine rings is 1. The van der Waals surface area contributed by atoms with E-state index in [4.69, 9.17) is 5.73 Å². The number of para-hydroxylation sites is 1. The first kappa shape index (κ1) is 23.7. The van der Waals surface area contributed by atoms with E-state index in [-0.39, 0.29) is 35.8 Å². The van der Waals surface area contributed by atoms with Crippen LogP contribution in [0.5, 0.6) is 0 Å². The molecule has 7 nitrogen and oxygen atoms in total. The summed E-state index contributed by atoms with van der Waals surface area (Å²) in [4.78, 5) is 41.6. The van der Waals surface area contributed by atoms with Crippen molar-refractivity contribution in [2.75, 3.05) is 18.4 Å². The van der Waals surface area contributed by atoms with Gasteiger partial charge in [0.05, 0.1) is 11.3 Å². The van der Waals surface area contributed by atoms with Gasteiger partial charge in [0.1, 0.15) is 9.83 Å². The fourth-order valence-electron chi connectivity index (χ4n) is 4.10. The van der Waals surface area contributed by atoms with Crippen LogP contribution in [0.15, 0.2) is 77.6 Å². The molecule has 1 saturated heterocycles. The van der Waals surface area contributed by atoms with Crippen molar-refractivity contribution in [1.29, 1.82) is 0 Å². The molecule has 1 aliphatic heterocycles. The normalized spacial score (nSPS) is 15.2. The van der Waals surface area contributed by atoms with E-state index >= 15 is 0 Å². The second-order valence-electron chi connectivity index (χ2n) is 7.99. The predicted molar refractivity (Wildman–Crippen MR) is 138 cm³/mol. The molecule has 2 aromatic heterocycles. The van der Waals surface area contributed by atoms with Crippen molar-refractivity contribution >= 4 is 50.8 Å². The Labute approximate surface area is 206 Å². The molecule has 0 spiro atoms. The number of rotatable bonds is 4. The minimum absolute atomic E-state index is 0. The molecule has 3 heterocycles. The van der Waals surface area contributed by atoms with Crippen LogP contribution < -0.4 is 16.6 Å². The summed E-state index contributed by atoms with van der Waals surface area (Å²) in [6, 6.07) is 20.9. The molecule has 2 amide bonds. The fraction of sp³-hybridized carbons (Fsp3) is 0.160. The first-order chi connectivity index (χ1) is 16.0. The van der Waals surface area contributed by atoms with Gasteiger partial charge in [-0.3, -0.25) is 19.5 Å². The van der Waals surface area contributed by atoms with Crippen molar-refractivity contribution < 1.29 is 9.59 Å². The average molecular weight is 495 g/mol. The number of hydrogen-bond acceptors (Lipinski definition) is 5. The highest BCUT2D eigenvalue weighted by molar-refractivity contribution is 7.23. The quantitative estimate of drug-likeness (QED) is 0.414. The lowest BCUT2D eigenvalue weighted by atomic mass is 10.0. The minimum Gasteiger partial charge on any atom is -0.326 e. The van der Waals surface area contributed by atoms with E-state index in [9.17, 15) is 14.4 Å². The maximum absolute atomic E-state index is 13.6. The van der Waals surface area contributed by atoms with Gasteiger partial charge in [0, 0.05) is 36.1 Å². The summed E-state index contributed by atoms with van der Waals surface area (Å²) >= 11 is 1.22. The van der Waals surface area contributed by atoms with Gasteiger partial charge in [0.2, 0.25) is 0 Å². The van der Waals surface area contributed by atoms with Crippen molar-refractivity contribution in [3.63, 3.8) is 0 Å². The summed E-state index contributed by atoms with van der Waals surface area (Å²) in [6.45, 7) is 1.03. The lowest BCUT2D eigenvalue weighted by molar-refractivity contribution is 0.104. The number of carbonyl (C=O) groups is 2. The number of benzene rings is 2. The summed E-state index contributed by atoms with van der Waals surface area (Å²) in [5.74, 6) is -0.214. The molecule has 3 N–H and O–H groups in total. The van der Waals surface area contributed by atoms with E-state index in [1.165, 1.54) is 17.4 Å². The van der Waals surface area contributed by atoms with Crippen LogP contribution in [0.4, 0.5) is 9.80 Å². The number of aromatic nitrogens is 1. The summed E-state index contributed by atoms with van der Waals surface area (Å²) < 4.78 is 1.57. The molecule has 0 bridgehead atoms. The number of urea groups is 1. The number of likely N-dealkylation sites (tertiary alicyclic amines) is 1. The Bertz CT molecular complexity index is 1400. The molecular weight excluding hydrogens is 472 g/mol. The van der Waals surface area contributed by atoms with Gasteiger partial charge in [-0.1, -0.05) is 59.9 Å². The molecule has 174 valence electrons. The highest BCUT2D eigenvalue weighted by Gasteiger charge is 2.28. The third kappa shape index (κ3) is 4.35. The van der Waals surface area contributed by atoms with Gasteiger partial charge in [0.15, 0.2) is 5.78 Å². The zero-order chi connectivity index (χ0) is 22.9. The summed E-state index contributed by atoms with van der Waals surface area (Å²) in [7, 11) is 0. The zero-order valence-electron chi connectivity index (χ0n) is 18.1. The number of nitrogens with zero attached hydrogens (tertiary/aromatic N) is 2. The number of fused-ring (bicyclic) bond motifs is 1. The topological polar surface area (TPSA) is 97.4 Å². The van der Waals surface area contributed by atoms with Gasteiger partial charge in [0.25, 0.3) is 5.56 Å². The van der Waals surface area contributed by atoms with E-state index in [0.717, 1.165) is 6.42 Å². The number of ketones is 1. The van der Waals surface area contributed by atoms with Crippen LogP contribution in [0.3, 0.4) is 0 Å². The maximum atomic E-state index is 13.6. The Morgan fingerprint density at radius 2 is 1.65 bits per heavy atom. The van der Waals surface area contributed by atoms with Gasteiger partial charge >= 0.3 is 6.03 Å². The number of thiophene rings is 1. The first-order valence-corrected chi connectivity index (χ1v) is 11.5. The molecule has 1 fully saturated rings. The molecule has 1 aliphatic rings. The van der Waals surface area contributed by atoms with Gasteiger partial charge in [-0.2, -0.15) is 0 Å². The molecule has 9 heteroatoms. The number of amides is 2. The van der Waals surface area contributed by atoms with E-state index in [0.29, 0.717) is 45.1 Å². The fourth-order valence-corrected chi connectivity index (χ4v) is 5.30. The number of anilines is 1. The molecule has 0 radical (unpaired) electrons. The van der Waals surface area contributed by atoms with Crippen LogP contribution in [0.25, 0.3) is 15.9 Å². The van der Waals surface area contributed by atoms with Gasteiger partial charge in [-0.05, 0) is 24.6 Å². The minimum atomic E-state index is -0.301. The highest BCUT2D eigenvalue weighted by Crippen LogP contribution is 2.37. The van der Waals surface area contributed by atoms with Gasteiger partial charge in [-0.15, -0.1) is 12.4 Å². The van der Waals surface area contributed by atoms with E-state index in [1.54, 1.807) is 39.8 Å². The molecule has 0 saturated carbocycles. The third-order valence-corrected chi connectivity index (χ3v) is 6.86. The van der Waals surface area contributed by atoms with Crippen LogP contribution in [0, 0.1) is 0 Å². The molecule has 0 unspecified atom stereocenters. The van der Waals surface area contributed by atoms with Crippen molar-refractivity contribution in [2.24, 2.45) is 5.73 Å². The zero-order valence-corrected chi connectivity index (χ0v) is 19.8. The Morgan fingerprint density at radius 1 is 0.971 bits per heavy atom. The molecule has 2 aromatic carbocycles. The van der Waals surface area contributed by atoms with Crippen molar-refractivity contribution in [1.82, 2.24) is 9.47 Å². The monoisotopic (exact) mass is 494 g/mol. The largest absolute Gasteiger partial charge is 0.326 e. The number of carbonyl (C=O) groups excluding carboxylic acids is 2. The second-order valence-corrected chi connectivity index (χ2v) is 8.99. The Balaban J connectivity index is 0.00000274. The molecule has 1 atom stereocenters. The molecule has 4 aromatic rings. The summed E-state index contributed by atoms with van der Waals surface area (Å²) in [5, 5.41) is 3.96. The number of hydrogen-bond donors (Lipinski definition) is 2. The lowest BCUT2D eigenvalue weighted by Crippen LogP contribution is -2.35. The molecule has 5 rings (SSSR count). The SMILES string of the molecule is Cl.N[C@H]1CCN(C(=O)Nc2sc3c(ccc(=O)n3-c3ccccc3)c2C(=O)c2ccccc2)C1. The van der Waals surface area contributed by atoms with Gasteiger partial charge < -0.3 is 10.6 Å². The van der Waals surface area contributed by atoms with Crippen LogP contribution >= 0.6 is 23.7 Å². The van der Waals surface area contributed by atoms with Crippen LogP contribution in [0.1, 0.15) is 22.3 Å². The maximum Gasteiger partial charge on any atom is 0.322 e. The summed E-state index contributed by atoms with van der Waals surface area (Å²) in [5.41, 5.74) is 7.33. The number of nitrogens with one attached hydrogen (secondary N) is 1. The van der Waals surface area contributed by atoms with Gasteiger partial charge in [-0.25, -0.2) is 4.79 Å². The second kappa shape index (κ2) is 9.80. The molecule has 0 aliphatic carbocycles. The predicted octanol–water partition coefficient (Wildman–Crippen LogP) is 4.27. The smallest absolute Gasteiger partial charge is 0.322 e. The van der Waals surface area contributed by atoms with Crippen LogP contribution in [-0.4, -0.2) is 40.4 Å². The molecule has 34 heavy (non-hydrogen) atoms. The molecular formula is C25H23ClN4O3S. The van der Waals surface area contributed by atoms with E-state index in [1.807, 2.05) is 36.4 Å². The van der Waals surface area contributed by atoms with E-state index in [2.05, 4.69) is 5.32 Å². The Morgan fingerprint density at radius 3 is 2.29 bits per heavy atom. The van der Waals surface area contributed by atoms with Crippen LogP contribution in [0.2, 0.25) is 0 Å².